The number of halogens is 1. The van der Waals surface area contributed by atoms with Crippen molar-refractivity contribution in [3.8, 4) is 12.3 Å². The lowest BCUT2D eigenvalue weighted by Crippen LogP contribution is -2.28. The fourth-order valence-corrected chi connectivity index (χ4v) is 2.29. The summed E-state index contributed by atoms with van der Waals surface area (Å²) < 4.78 is 13.4. The zero-order chi connectivity index (χ0) is 13.1. The second-order valence-corrected chi connectivity index (χ2v) is 4.49. The van der Waals surface area contributed by atoms with Gasteiger partial charge in [0.15, 0.2) is 0 Å². The molecule has 90 valence electrons. The summed E-state index contributed by atoms with van der Waals surface area (Å²) in [7, 11) is 0. The van der Waals surface area contributed by atoms with E-state index >= 15 is 0 Å². The van der Waals surface area contributed by atoms with Crippen LogP contribution in [0.3, 0.4) is 0 Å². The predicted octanol–water partition coefficient (Wildman–Crippen LogP) is 2.50. The summed E-state index contributed by atoms with van der Waals surface area (Å²) in [4.78, 5) is 24.5. The summed E-state index contributed by atoms with van der Waals surface area (Å²) in [6, 6.07) is 6.03. The maximum Gasteiger partial charge on any atom is 0.294 e. The molecule has 0 aromatic heterocycles. The largest absolute Gasteiger partial charge is 0.294 e. The molecule has 1 aromatic rings. The number of imide groups is 1. The van der Waals surface area contributed by atoms with Crippen LogP contribution in [-0.2, 0) is 4.79 Å². The van der Waals surface area contributed by atoms with Crippen molar-refractivity contribution in [2.75, 3.05) is 6.54 Å². The molecule has 1 saturated heterocycles. The number of rotatable bonds is 2. The van der Waals surface area contributed by atoms with Crippen molar-refractivity contribution in [2.24, 2.45) is 0 Å². The van der Waals surface area contributed by atoms with Crippen molar-refractivity contribution in [1.82, 2.24) is 4.90 Å². The van der Waals surface area contributed by atoms with Crippen LogP contribution in [0.2, 0.25) is 0 Å². The molecule has 5 heteroatoms. The SMILES string of the molecule is C#CCN1C(=O)S/C(=C/c2ccccc2F)C1=O. The molecule has 0 aliphatic carbocycles. The Hall–Kier alpha value is -2.06. The average molecular weight is 261 g/mol. The quantitative estimate of drug-likeness (QED) is 0.606. The standard InChI is InChI=1S/C13H8FNO2S/c1-2-7-15-12(16)11(18-13(15)17)8-9-5-3-4-6-10(9)14/h1,3-6,8H,7H2/b11-8+. The van der Waals surface area contributed by atoms with Crippen LogP contribution in [-0.4, -0.2) is 22.6 Å². The van der Waals surface area contributed by atoms with Crippen LogP contribution in [0.25, 0.3) is 6.08 Å². The van der Waals surface area contributed by atoms with Gasteiger partial charge in [0.2, 0.25) is 0 Å². The molecule has 0 saturated carbocycles. The fraction of sp³-hybridized carbons (Fsp3) is 0.0769. The Morgan fingerprint density at radius 3 is 2.78 bits per heavy atom. The number of thioether (sulfide) groups is 1. The highest BCUT2D eigenvalue weighted by molar-refractivity contribution is 8.18. The molecule has 1 fully saturated rings. The number of nitrogens with zero attached hydrogens (tertiary/aromatic N) is 1. The lowest BCUT2D eigenvalue weighted by molar-refractivity contribution is -0.122. The minimum atomic E-state index is -0.480. The molecule has 18 heavy (non-hydrogen) atoms. The molecule has 3 nitrogen and oxygen atoms in total. The highest BCUT2D eigenvalue weighted by Crippen LogP contribution is 2.32. The van der Waals surface area contributed by atoms with Gasteiger partial charge in [0.05, 0.1) is 11.4 Å². The monoisotopic (exact) mass is 261 g/mol. The van der Waals surface area contributed by atoms with E-state index in [1.54, 1.807) is 12.1 Å². The van der Waals surface area contributed by atoms with Gasteiger partial charge in [0.25, 0.3) is 11.1 Å². The van der Waals surface area contributed by atoms with Crippen LogP contribution in [0.1, 0.15) is 5.56 Å². The highest BCUT2D eigenvalue weighted by Gasteiger charge is 2.34. The summed E-state index contributed by atoms with van der Waals surface area (Å²) in [6.45, 7) is -0.0702. The van der Waals surface area contributed by atoms with Gasteiger partial charge in [-0.15, -0.1) is 6.42 Å². The summed E-state index contributed by atoms with van der Waals surface area (Å²) in [5.74, 6) is 1.31. The topological polar surface area (TPSA) is 37.4 Å². The van der Waals surface area contributed by atoms with Crippen molar-refractivity contribution in [3.05, 3.63) is 40.6 Å². The molecule has 0 atom stereocenters. The Kier molecular flexibility index (Phi) is 3.49. The zero-order valence-electron chi connectivity index (χ0n) is 9.22. The molecule has 1 heterocycles. The molecular weight excluding hydrogens is 253 g/mol. The number of terminal acetylenes is 1. The summed E-state index contributed by atoms with van der Waals surface area (Å²) >= 11 is 0.762. The highest BCUT2D eigenvalue weighted by atomic mass is 32.2. The smallest absolute Gasteiger partial charge is 0.268 e. The molecule has 1 aliphatic heterocycles. The lowest BCUT2D eigenvalue weighted by atomic mass is 10.2. The van der Waals surface area contributed by atoms with Crippen molar-refractivity contribution in [1.29, 1.82) is 0 Å². The summed E-state index contributed by atoms with van der Waals surface area (Å²) in [6.07, 6.45) is 6.43. The van der Waals surface area contributed by atoms with Crippen LogP contribution in [0.5, 0.6) is 0 Å². The third-order valence-corrected chi connectivity index (χ3v) is 3.22. The van der Waals surface area contributed by atoms with Crippen molar-refractivity contribution < 1.29 is 14.0 Å². The molecular formula is C13H8FNO2S. The third kappa shape index (κ3) is 2.29. The molecule has 1 aromatic carbocycles. The maximum absolute atomic E-state index is 13.4. The van der Waals surface area contributed by atoms with Gasteiger partial charge in [0.1, 0.15) is 5.82 Å². The van der Waals surface area contributed by atoms with Gasteiger partial charge in [0, 0.05) is 5.56 Å². The van der Waals surface area contributed by atoms with Gasteiger partial charge in [-0.05, 0) is 23.9 Å². The van der Waals surface area contributed by atoms with Crippen LogP contribution < -0.4 is 0 Å². The lowest BCUT2D eigenvalue weighted by Gasteiger charge is -2.06. The number of hydrogen-bond donors (Lipinski definition) is 0. The number of carbonyl (C=O) groups is 2. The molecule has 0 unspecified atom stereocenters. The van der Waals surface area contributed by atoms with E-state index < -0.39 is 17.0 Å². The van der Waals surface area contributed by atoms with E-state index in [0.717, 1.165) is 16.7 Å². The number of amides is 2. The Labute approximate surface area is 108 Å². The van der Waals surface area contributed by atoms with Crippen LogP contribution in [0.15, 0.2) is 29.2 Å². The Bertz CT molecular complexity index is 589. The molecule has 0 radical (unpaired) electrons. The Morgan fingerprint density at radius 2 is 2.11 bits per heavy atom. The van der Waals surface area contributed by atoms with Crippen molar-refractivity contribution >= 4 is 29.0 Å². The first-order valence-electron chi connectivity index (χ1n) is 5.07. The zero-order valence-corrected chi connectivity index (χ0v) is 10.0. The van der Waals surface area contributed by atoms with Crippen molar-refractivity contribution in [2.45, 2.75) is 0 Å². The van der Waals surface area contributed by atoms with Gasteiger partial charge in [-0.3, -0.25) is 14.5 Å². The minimum Gasteiger partial charge on any atom is -0.268 e. The van der Waals surface area contributed by atoms with E-state index in [1.807, 2.05) is 0 Å². The Morgan fingerprint density at radius 1 is 1.39 bits per heavy atom. The van der Waals surface area contributed by atoms with E-state index in [4.69, 9.17) is 6.42 Å². The molecule has 0 bridgehead atoms. The fourth-order valence-electron chi connectivity index (χ4n) is 1.46. The van der Waals surface area contributed by atoms with Gasteiger partial charge in [-0.1, -0.05) is 24.1 Å². The Balaban J connectivity index is 2.32. The maximum atomic E-state index is 13.4. The van der Waals surface area contributed by atoms with Crippen LogP contribution in [0.4, 0.5) is 9.18 Å². The normalized spacial score (nSPS) is 17.3. The van der Waals surface area contributed by atoms with E-state index in [-0.39, 0.29) is 17.0 Å². The van der Waals surface area contributed by atoms with Crippen molar-refractivity contribution in [3.63, 3.8) is 0 Å². The second kappa shape index (κ2) is 5.07. The van der Waals surface area contributed by atoms with E-state index in [0.29, 0.717) is 0 Å². The molecule has 1 aliphatic rings. The molecule has 0 N–H and O–H groups in total. The minimum absolute atomic E-state index is 0.0702. The van der Waals surface area contributed by atoms with E-state index in [1.165, 1.54) is 18.2 Å². The van der Waals surface area contributed by atoms with Gasteiger partial charge in [-0.2, -0.15) is 0 Å². The first-order valence-corrected chi connectivity index (χ1v) is 5.88. The second-order valence-electron chi connectivity index (χ2n) is 3.49. The van der Waals surface area contributed by atoms with Gasteiger partial charge in [-0.25, -0.2) is 4.39 Å². The molecule has 2 rings (SSSR count). The first-order chi connectivity index (χ1) is 8.63. The number of carbonyl (C=O) groups excluding carboxylic acids is 2. The van der Waals surface area contributed by atoms with Crippen LogP contribution in [0, 0.1) is 18.2 Å². The number of hydrogen-bond acceptors (Lipinski definition) is 3. The van der Waals surface area contributed by atoms with E-state index in [9.17, 15) is 14.0 Å². The van der Waals surface area contributed by atoms with E-state index in [2.05, 4.69) is 5.92 Å². The molecule has 2 amide bonds. The predicted molar refractivity (Wildman–Crippen MR) is 67.9 cm³/mol. The molecule has 0 spiro atoms. The average Bonchev–Trinajstić information content (AvgIpc) is 2.60. The van der Waals surface area contributed by atoms with Gasteiger partial charge >= 0.3 is 0 Å². The van der Waals surface area contributed by atoms with Crippen LogP contribution >= 0.6 is 11.8 Å². The van der Waals surface area contributed by atoms with Gasteiger partial charge < -0.3 is 0 Å². The third-order valence-electron chi connectivity index (χ3n) is 2.31. The first kappa shape index (κ1) is 12.4. The number of benzene rings is 1. The summed E-state index contributed by atoms with van der Waals surface area (Å²) in [5, 5.41) is -0.430. The summed E-state index contributed by atoms with van der Waals surface area (Å²) in [5.41, 5.74) is 0.267.